The highest BCUT2D eigenvalue weighted by atomic mass is 16.6. The topological polar surface area (TPSA) is 121 Å². The van der Waals surface area contributed by atoms with E-state index in [1.165, 1.54) is 0 Å². The van der Waals surface area contributed by atoms with Crippen LogP contribution in [0.25, 0.3) is 0 Å². The summed E-state index contributed by atoms with van der Waals surface area (Å²) >= 11 is 0. The van der Waals surface area contributed by atoms with Crippen molar-refractivity contribution in [2.45, 2.75) is 72.1 Å². The van der Waals surface area contributed by atoms with Gasteiger partial charge in [0.05, 0.1) is 19.1 Å². The molecule has 9 heteroatoms. The van der Waals surface area contributed by atoms with Crippen LogP contribution in [0.5, 0.6) is 0 Å². The highest BCUT2D eigenvalue weighted by molar-refractivity contribution is 5.80. The van der Waals surface area contributed by atoms with Crippen molar-refractivity contribution < 1.29 is 14.3 Å². The number of likely N-dealkylation sites (tertiary alicyclic amines) is 1. The van der Waals surface area contributed by atoms with E-state index >= 15 is 0 Å². The predicted octanol–water partition coefficient (Wildman–Crippen LogP) is 1.04. The van der Waals surface area contributed by atoms with Crippen molar-refractivity contribution in [2.75, 3.05) is 32.7 Å². The quantitative estimate of drug-likeness (QED) is 0.349. The van der Waals surface area contributed by atoms with E-state index in [-0.39, 0.29) is 23.9 Å². The van der Waals surface area contributed by atoms with E-state index in [1.54, 1.807) is 0 Å². The van der Waals surface area contributed by atoms with Crippen LogP contribution < -0.4 is 21.7 Å². The minimum absolute atomic E-state index is 0.127. The van der Waals surface area contributed by atoms with Crippen molar-refractivity contribution in [1.29, 1.82) is 0 Å². The number of piperidine rings is 1. The highest BCUT2D eigenvalue weighted by Gasteiger charge is 2.23. The fourth-order valence-electron chi connectivity index (χ4n) is 3.04. The maximum absolute atomic E-state index is 12.1. The number of ether oxygens (including phenoxy) is 1. The van der Waals surface area contributed by atoms with E-state index in [0.717, 1.165) is 38.4 Å². The molecule has 0 aromatic carbocycles. The molecule has 2 amide bonds. The van der Waals surface area contributed by atoms with E-state index in [0.29, 0.717) is 13.1 Å². The second-order valence-electron chi connectivity index (χ2n) is 8.88. The normalized spacial score (nSPS) is 17.7. The molecular formula is C20H40N6O3. The lowest BCUT2D eigenvalue weighted by Crippen LogP contribution is -2.50. The summed E-state index contributed by atoms with van der Waals surface area (Å²) in [6.45, 7) is 14.8. The Morgan fingerprint density at radius 2 is 1.86 bits per heavy atom. The first kappa shape index (κ1) is 25.0. The van der Waals surface area contributed by atoms with Gasteiger partial charge < -0.3 is 26.4 Å². The Morgan fingerprint density at radius 1 is 1.24 bits per heavy atom. The molecule has 29 heavy (non-hydrogen) atoms. The summed E-state index contributed by atoms with van der Waals surface area (Å²) in [5.41, 5.74) is 4.74. The Hall–Kier alpha value is -2.03. The molecule has 9 nitrogen and oxygen atoms in total. The van der Waals surface area contributed by atoms with Gasteiger partial charge in [0.1, 0.15) is 5.60 Å². The van der Waals surface area contributed by atoms with Crippen molar-refractivity contribution in [2.24, 2.45) is 16.6 Å². The summed E-state index contributed by atoms with van der Waals surface area (Å²) in [6, 6.07) is 0.158. The van der Waals surface area contributed by atoms with E-state index in [2.05, 4.69) is 25.8 Å². The minimum Gasteiger partial charge on any atom is -0.444 e. The number of hydrogen-bond donors (Lipinski definition) is 4. The number of carbonyl (C=O) groups excluding carboxylic acids is 2. The van der Waals surface area contributed by atoms with Gasteiger partial charge in [-0.15, -0.1) is 0 Å². The van der Waals surface area contributed by atoms with Gasteiger partial charge in [-0.3, -0.25) is 14.7 Å². The number of carbonyl (C=O) groups is 2. The molecule has 0 aromatic rings. The molecule has 1 fully saturated rings. The molecule has 0 spiro atoms. The van der Waals surface area contributed by atoms with E-state index in [9.17, 15) is 9.59 Å². The predicted molar refractivity (Wildman–Crippen MR) is 116 cm³/mol. The van der Waals surface area contributed by atoms with Gasteiger partial charge in [-0.25, -0.2) is 4.79 Å². The van der Waals surface area contributed by atoms with E-state index in [1.807, 2.05) is 41.5 Å². The van der Waals surface area contributed by atoms with Crippen LogP contribution in [0.2, 0.25) is 0 Å². The van der Waals surface area contributed by atoms with Gasteiger partial charge in [-0.05, 0) is 46.5 Å². The van der Waals surface area contributed by atoms with Gasteiger partial charge in [-0.1, -0.05) is 13.8 Å². The first-order valence-corrected chi connectivity index (χ1v) is 10.5. The summed E-state index contributed by atoms with van der Waals surface area (Å²) in [6.07, 6.45) is 1.41. The van der Waals surface area contributed by atoms with Gasteiger partial charge in [0.25, 0.3) is 0 Å². The Morgan fingerprint density at radius 3 is 2.34 bits per heavy atom. The molecule has 1 saturated heterocycles. The average molecular weight is 413 g/mol. The Kier molecular flexibility index (Phi) is 10.2. The number of nitrogens with two attached hydrogens (primary N) is 1. The Balaban J connectivity index is 2.62. The molecule has 1 heterocycles. The molecule has 0 aromatic heterocycles. The van der Waals surface area contributed by atoms with E-state index < -0.39 is 11.7 Å². The van der Waals surface area contributed by atoms with Crippen LogP contribution in [0.15, 0.2) is 4.99 Å². The number of rotatable bonds is 8. The van der Waals surface area contributed by atoms with Crippen molar-refractivity contribution in [3.63, 3.8) is 0 Å². The Labute approximate surface area is 175 Å². The monoisotopic (exact) mass is 412 g/mol. The maximum Gasteiger partial charge on any atom is 0.407 e. The second-order valence-corrected chi connectivity index (χ2v) is 8.88. The number of nitrogens with zero attached hydrogens (tertiary/aromatic N) is 2. The van der Waals surface area contributed by atoms with Crippen LogP contribution in [0, 0.1) is 5.92 Å². The summed E-state index contributed by atoms with van der Waals surface area (Å²) in [5.74, 6) is 0.659. The standard InChI is InChI=1S/C20H40N6O3/c1-7-22-18(24-15-8-10-26(11-9-15)13-17(21)27)23-12-16(14(2)3)25-19(28)29-20(4,5)6/h14-16H,7-13H2,1-6H3,(H2,21,27)(H,25,28)(H2,22,23,24). The van der Waals surface area contributed by atoms with Gasteiger partial charge >= 0.3 is 6.09 Å². The summed E-state index contributed by atoms with van der Waals surface area (Å²) < 4.78 is 5.36. The molecule has 5 N–H and O–H groups in total. The second kappa shape index (κ2) is 11.8. The summed E-state index contributed by atoms with van der Waals surface area (Å²) in [7, 11) is 0. The number of alkyl carbamates (subject to hydrolysis) is 1. The smallest absolute Gasteiger partial charge is 0.407 e. The largest absolute Gasteiger partial charge is 0.444 e. The number of hydrogen-bond acceptors (Lipinski definition) is 5. The van der Waals surface area contributed by atoms with Crippen molar-refractivity contribution in [1.82, 2.24) is 20.9 Å². The van der Waals surface area contributed by atoms with Gasteiger partial charge in [0.2, 0.25) is 5.91 Å². The zero-order valence-corrected chi connectivity index (χ0v) is 18.9. The third kappa shape index (κ3) is 10.9. The summed E-state index contributed by atoms with van der Waals surface area (Å²) in [4.78, 5) is 29.9. The maximum atomic E-state index is 12.1. The van der Waals surface area contributed by atoms with Crippen molar-refractivity contribution in [3.8, 4) is 0 Å². The molecule has 1 unspecified atom stereocenters. The fraction of sp³-hybridized carbons (Fsp3) is 0.850. The minimum atomic E-state index is -0.533. The zero-order valence-electron chi connectivity index (χ0n) is 18.9. The lowest BCUT2D eigenvalue weighted by Gasteiger charge is -2.32. The van der Waals surface area contributed by atoms with Crippen LogP contribution >= 0.6 is 0 Å². The third-order valence-corrected chi connectivity index (χ3v) is 4.61. The van der Waals surface area contributed by atoms with Crippen LogP contribution in [-0.4, -0.2) is 73.3 Å². The van der Waals surface area contributed by atoms with Gasteiger partial charge in [-0.2, -0.15) is 0 Å². The Bertz CT molecular complexity index is 551. The lowest BCUT2D eigenvalue weighted by atomic mass is 10.0. The molecule has 1 atom stereocenters. The van der Waals surface area contributed by atoms with Gasteiger partial charge in [0, 0.05) is 25.7 Å². The third-order valence-electron chi connectivity index (χ3n) is 4.61. The van der Waals surface area contributed by atoms with E-state index in [4.69, 9.17) is 10.5 Å². The number of primary amides is 1. The summed E-state index contributed by atoms with van der Waals surface area (Å²) in [5, 5.41) is 9.66. The highest BCUT2D eigenvalue weighted by Crippen LogP contribution is 2.11. The molecule has 0 radical (unpaired) electrons. The van der Waals surface area contributed by atoms with Crippen LogP contribution in [0.3, 0.4) is 0 Å². The zero-order chi connectivity index (χ0) is 22.0. The van der Waals surface area contributed by atoms with Crippen molar-refractivity contribution >= 4 is 18.0 Å². The lowest BCUT2D eigenvalue weighted by molar-refractivity contribution is -0.119. The molecular weight excluding hydrogens is 372 g/mol. The fourth-order valence-corrected chi connectivity index (χ4v) is 3.04. The molecule has 0 saturated carbocycles. The van der Waals surface area contributed by atoms with Crippen LogP contribution in [0.4, 0.5) is 4.79 Å². The molecule has 1 aliphatic rings. The number of aliphatic imine (C=N–C) groups is 1. The van der Waals surface area contributed by atoms with Crippen molar-refractivity contribution in [3.05, 3.63) is 0 Å². The number of amides is 2. The first-order valence-electron chi connectivity index (χ1n) is 10.5. The molecule has 168 valence electrons. The van der Waals surface area contributed by atoms with Crippen LogP contribution in [0.1, 0.15) is 54.4 Å². The molecule has 1 aliphatic heterocycles. The molecule has 0 bridgehead atoms. The average Bonchev–Trinajstić information content (AvgIpc) is 2.58. The van der Waals surface area contributed by atoms with Gasteiger partial charge in [0.15, 0.2) is 5.96 Å². The molecule has 0 aliphatic carbocycles. The first-order chi connectivity index (χ1) is 13.5. The number of guanidine groups is 1. The molecule has 1 rings (SSSR count). The SMILES string of the molecule is CCNC(=NCC(NC(=O)OC(C)(C)C)C(C)C)NC1CCN(CC(N)=O)CC1. The number of nitrogens with one attached hydrogen (secondary N) is 3. The van der Waals surface area contributed by atoms with Crippen LogP contribution in [-0.2, 0) is 9.53 Å².